The van der Waals surface area contributed by atoms with Gasteiger partial charge in [0.1, 0.15) is 11.9 Å². The van der Waals surface area contributed by atoms with Gasteiger partial charge in [0.15, 0.2) is 0 Å². The third-order valence-corrected chi connectivity index (χ3v) is 3.14. The minimum Gasteiger partial charge on any atom is -0.488 e. The fourth-order valence-corrected chi connectivity index (χ4v) is 2.13. The number of benzene rings is 1. The van der Waals surface area contributed by atoms with Crippen molar-refractivity contribution < 1.29 is 4.74 Å². The normalized spacial score (nSPS) is 16.9. The van der Waals surface area contributed by atoms with Crippen LogP contribution in [0.5, 0.6) is 5.75 Å². The van der Waals surface area contributed by atoms with Crippen LogP contribution in [0, 0.1) is 0 Å². The van der Waals surface area contributed by atoms with Gasteiger partial charge in [-0.1, -0.05) is 0 Å². The smallest absolute Gasteiger partial charge is 0.123 e. The second-order valence-electron chi connectivity index (χ2n) is 3.42. The molecule has 0 amide bonds. The molecule has 2 aromatic rings. The summed E-state index contributed by atoms with van der Waals surface area (Å²) in [5, 5.41) is 4.37. The molecule has 1 saturated heterocycles. The number of hydrogen-bond acceptors (Lipinski definition) is 4. The summed E-state index contributed by atoms with van der Waals surface area (Å²) in [5.41, 5.74) is 0. The standard InChI is InChI=1S/C10H10N2OS/c1-2-8(13-9-5-11-6-9)3-10-7(1)4-12-14-10/h1-4,9,11H,5-6H2. The Hall–Kier alpha value is -1.13. The van der Waals surface area contributed by atoms with E-state index in [-0.39, 0.29) is 0 Å². The predicted molar refractivity (Wildman–Crippen MR) is 56.9 cm³/mol. The molecule has 72 valence electrons. The lowest BCUT2D eigenvalue weighted by Gasteiger charge is -2.27. The SMILES string of the molecule is c1cc2cnsc2cc1OC1CNC1. The molecule has 1 fully saturated rings. The van der Waals surface area contributed by atoms with Gasteiger partial charge in [-0.3, -0.25) is 0 Å². The van der Waals surface area contributed by atoms with Gasteiger partial charge < -0.3 is 10.1 Å². The number of ether oxygens (including phenoxy) is 1. The molecule has 0 radical (unpaired) electrons. The summed E-state index contributed by atoms with van der Waals surface area (Å²) in [7, 11) is 0. The Kier molecular flexibility index (Phi) is 1.89. The molecular weight excluding hydrogens is 196 g/mol. The second-order valence-corrected chi connectivity index (χ2v) is 4.26. The van der Waals surface area contributed by atoms with Gasteiger partial charge in [-0.15, -0.1) is 0 Å². The number of nitrogens with one attached hydrogen (secondary N) is 1. The van der Waals surface area contributed by atoms with Crippen molar-refractivity contribution in [2.45, 2.75) is 6.10 Å². The Bertz CT molecular complexity index is 450. The van der Waals surface area contributed by atoms with Crippen LogP contribution in [0.2, 0.25) is 0 Å². The highest BCUT2D eigenvalue weighted by molar-refractivity contribution is 7.13. The molecule has 1 aliphatic heterocycles. The van der Waals surface area contributed by atoms with E-state index >= 15 is 0 Å². The first kappa shape index (κ1) is 8.20. The van der Waals surface area contributed by atoms with E-state index in [4.69, 9.17) is 4.74 Å². The monoisotopic (exact) mass is 206 g/mol. The van der Waals surface area contributed by atoms with Crippen molar-refractivity contribution in [1.82, 2.24) is 9.69 Å². The zero-order valence-corrected chi connectivity index (χ0v) is 8.38. The number of fused-ring (bicyclic) bond motifs is 1. The van der Waals surface area contributed by atoms with E-state index in [1.165, 1.54) is 21.6 Å². The molecule has 0 bridgehead atoms. The third kappa shape index (κ3) is 1.36. The van der Waals surface area contributed by atoms with Crippen LogP contribution in [0.15, 0.2) is 24.4 Å². The van der Waals surface area contributed by atoms with Crippen molar-refractivity contribution in [3.63, 3.8) is 0 Å². The lowest BCUT2D eigenvalue weighted by molar-refractivity contribution is 0.142. The zero-order valence-electron chi connectivity index (χ0n) is 7.56. The van der Waals surface area contributed by atoms with Gasteiger partial charge in [0.05, 0.1) is 4.70 Å². The van der Waals surface area contributed by atoms with Crippen LogP contribution in [0.1, 0.15) is 0 Å². The van der Waals surface area contributed by atoms with Gasteiger partial charge in [-0.2, -0.15) is 4.37 Å². The number of hydrogen-bond donors (Lipinski definition) is 1. The molecule has 0 saturated carbocycles. The maximum Gasteiger partial charge on any atom is 0.123 e. The summed E-state index contributed by atoms with van der Waals surface area (Å²) in [4.78, 5) is 0. The van der Waals surface area contributed by atoms with Crippen LogP contribution >= 0.6 is 11.5 Å². The molecule has 0 aliphatic carbocycles. The molecule has 1 aromatic carbocycles. The summed E-state index contributed by atoms with van der Waals surface area (Å²) >= 11 is 1.51. The lowest BCUT2D eigenvalue weighted by Crippen LogP contribution is -2.50. The summed E-state index contributed by atoms with van der Waals surface area (Å²) in [6.07, 6.45) is 2.23. The quantitative estimate of drug-likeness (QED) is 0.811. The number of nitrogens with zero attached hydrogens (tertiary/aromatic N) is 1. The Morgan fingerprint density at radius 1 is 1.43 bits per heavy atom. The maximum atomic E-state index is 5.74. The van der Waals surface area contributed by atoms with E-state index in [0.717, 1.165) is 18.8 Å². The molecule has 0 atom stereocenters. The fourth-order valence-electron chi connectivity index (χ4n) is 1.45. The topological polar surface area (TPSA) is 34.1 Å². The fraction of sp³-hybridized carbons (Fsp3) is 0.300. The Morgan fingerprint density at radius 2 is 2.36 bits per heavy atom. The molecule has 0 unspecified atom stereocenters. The van der Waals surface area contributed by atoms with Crippen molar-refractivity contribution >= 4 is 21.6 Å². The first-order valence-electron chi connectivity index (χ1n) is 4.64. The molecule has 14 heavy (non-hydrogen) atoms. The predicted octanol–water partition coefficient (Wildman–Crippen LogP) is 1.65. The molecule has 0 spiro atoms. The average Bonchev–Trinajstić information content (AvgIpc) is 2.58. The highest BCUT2D eigenvalue weighted by atomic mass is 32.1. The van der Waals surface area contributed by atoms with Crippen LogP contribution in [0.25, 0.3) is 10.1 Å². The molecular formula is C10H10N2OS. The first-order chi connectivity index (χ1) is 6.92. The molecule has 4 heteroatoms. The Labute approximate surface area is 85.9 Å². The minimum absolute atomic E-state index is 0.348. The van der Waals surface area contributed by atoms with Gasteiger partial charge in [0.2, 0.25) is 0 Å². The van der Waals surface area contributed by atoms with Crippen LogP contribution in [-0.2, 0) is 0 Å². The third-order valence-electron chi connectivity index (χ3n) is 2.37. The van der Waals surface area contributed by atoms with Crippen molar-refractivity contribution in [3.05, 3.63) is 24.4 Å². The molecule has 1 aliphatic rings. The van der Waals surface area contributed by atoms with E-state index in [0.29, 0.717) is 6.10 Å². The zero-order chi connectivity index (χ0) is 9.38. The highest BCUT2D eigenvalue weighted by Gasteiger charge is 2.18. The molecule has 3 rings (SSSR count). The summed E-state index contributed by atoms with van der Waals surface area (Å²) in [6, 6.07) is 6.13. The van der Waals surface area contributed by atoms with Gasteiger partial charge >= 0.3 is 0 Å². The molecule has 2 heterocycles. The van der Waals surface area contributed by atoms with Crippen molar-refractivity contribution in [3.8, 4) is 5.75 Å². The Balaban J connectivity index is 1.88. The largest absolute Gasteiger partial charge is 0.488 e. The van der Waals surface area contributed by atoms with Crippen molar-refractivity contribution in [2.75, 3.05) is 13.1 Å². The van der Waals surface area contributed by atoms with Gasteiger partial charge in [0.25, 0.3) is 0 Å². The van der Waals surface area contributed by atoms with E-state index in [9.17, 15) is 0 Å². The van der Waals surface area contributed by atoms with Crippen LogP contribution in [0.4, 0.5) is 0 Å². The van der Waals surface area contributed by atoms with Crippen LogP contribution < -0.4 is 10.1 Å². The highest BCUT2D eigenvalue weighted by Crippen LogP contribution is 2.24. The molecule has 1 N–H and O–H groups in total. The van der Waals surface area contributed by atoms with Gasteiger partial charge in [-0.25, -0.2) is 0 Å². The van der Waals surface area contributed by atoms with Crippen molar-refractivity contribution in [2.24, 2.45) is 0 Å². The van der Waals surface area contributed by atoms with Gasteiger partial charge in [0, 0.05) is 24.7 Å². The van der Waals surface area contributed by atoms with Gasteiger partial charge in [-0.05, 0) is 29.7 Å². The summed E-state index contributed by atoms with van der Waals surface area (Å²) < 4.78 is 11.1. The lowest BCUT2D eigenvalue weighted by atomic mass is 10.2. The molecule has 1 aromatic heterocycles. The van der Waals surface area contributed by atoms with E-state index in [1.54, 1.807) is 0 Å². The average molecular weight is 206 g/mol. The van der Waals surface area contributed by atoms with E-state index in [2.05, 4.69) is 21.8 Å². The minimum atomic E-state index is 0.348. The van der Waals surface area contributed by atoms with E-state index < -0.39 is 0 Å². The second kappa shape index (κ2) is 3.22. The van der Waals surface area contributed by atoms with Crippen LogP contribution in [0.3, 0.4) is 0 Å². The maximum absolute atomic E-state index is 5.74. The first-order valence-corrected chi connectivity index (χ1v) is 5.41. The number of rotatable bonds is 2. The molecule has 3 nitrogen and oxygen atoms in total. The van der Waals surface area contributed by atoms with E-state index in [1.807, 2.05) is 12.3 Å². The summed E-state index contributed by atoms with van der Waals surface area (Å²) in [6.45, 7) is 1.92. The summed E-state index contributed by atoms with van der Waals surface area (Å²) in [5.74, 6) is 0.952. The number of aromatic nitrogens is 1. The van der Waals surface area contributed by atoms with Crippen LogP contribution in [-0.4, -0.2) is 23.6 Å². The Morgan fingerprint density at radius 3 is 3.14 bits per heavy atom. The van der Waals surface area contributed by atoms with Crippen molar-refractivity contribution in [1.29, 1.82) is 0 Å².